The molecule has 0 aromatic heterocycles. The van der Waals surface area contributed by atoms with E-state index in [-0.39, 0.29) is 24.4 Å². The molecule has 29 heavy (non-hydrogen) atoms. The average molecular weight is 396 g/mol. The average Bonchev–Trinajstić information content (AvgIpc) is 3.21. The quantitative estimate of drug-likeness (QED) is 0.783. The molecular formula is C23H29N3O3. The highest BCUT2D eigenvalue weighted by atomic mass is 16.2. The van der Waals surface area contributed by atoms with Crippen molar-refractivity contribution in [2.24, 2.45) is 11.8 Å². The maximum absolute atomic E-state index is 13.3. The molecule has 0 bridgehead atoms. The number of nitrogens with zero attached hydrogens (tertiary/aromatic N) is 2. The Morgan fingerprint density at radius 1 is 1.17 bits per heavy atom. The Labute approximate surface area is 171 Å². The van der Waals surface area contributed by atoms with Crippen molar-refractivity contribution < 1.29 is 14.4 Å². The van der Waals surface area contributed by atoms with Crippen LogP contribution in [0.3, 0.4) is 0 Å². The highest BCUT2D eigenvalue weighted by Gasteiger charge is 2.56. The first-order valence-corrected chi connectivity index (χ1v) is 11.0. The molecule has 1 aromatic carbocycles. The number of carbonyl (C=O) groups excluding carboxylic acids is 3. The fourth-order valence-corrected chi connectivity index (χ4v) is 6.31. The molecule has 4 atom stereocenters. The molecule has 1 aromatic rings. The number of imide groups is 1. The van der Waals surface area contributed by atoms with Crippen molar-refractivity contribution in [3.8, 4) is 0 Å². The van der Waals surface area contributed by atoms with Crippen molar-refractivity contribution in [3.63, 3.8) is 0 Å². The number of rotatable bonds is 2. The van der Waals surface area contributed by atoms with E-state index >= 15 is 0 Å². The minimum atomic E-state index is -0.990. The van der Waals surface area contributed by atoms with Gasteiger partial charge in [0.05, 0.1) is 0 Å². The minimum Gasteiger partial charge on any atom is -0.338 e. The topological polar surface area (TPSA) is 69.7 Å². The van der Waals surface area contributed by atoms with Gasteiger partial charge in [0.2, 0.25) is 5.91 Å². The molecule has 2 saturated heterocycles. The van der Waals surface area contributed by atoms with Gasteiger partial charge in [-0.2, -0.15) is 0 Å². The third kappa shape index (κ3) is 2.79. The fourth-order valence-electron chi connectivity index (χ4n) is 6.31. The number of aryl methyl sites for hydroxylation is 1. The van der Waals surface area contributed by atoms with E-state index in [9.17, 15) is 14.4 Å². The van der Waals surface area contributed by atoms with Crippen LogP contribution >= 0.6 is 0 Å². The Bertz CT molecular complexity index is 867. The zero-order chi connectivity index (χ0) is 20.2. The van der Waals surface area contributed by atoms with Crippen LogP contribution in [-0.4, -0.2) is 46.8 Å². The van der Waals surface area contributed by atoms with Crippen LogP contribution in [0.15, 0.2) is 24.3 Å². The van der Waals surface area contributed by atoms with E-state index in [4.69, 9.17) is 0 Å². The molecule has 4 amide bonds. The third-order valence-electron chi connectivity index (χ3n) is 7.67. The fraction of sp³-hybridized carbons (Fsp3) is 0.609. The number of amides is 4. The number of hydrogen-bond donors (Lipinski definition) is 1. The van der Waals surface area contributed by atoms with Crippen LogP contribution in [0.25, 0.3) is 0 Å². The molecule has 0 radical (unpaired) electrons. The number of fused-ring (bicyclic) bond motifs is 3. The maximum Gasteiger partial charge on any atom is 0.325 e. The van der Waals surface area contributed by atoms with E-state index in [1.165, 1.54) is 19.3 Å². The summed E-state index contributed by atoms with van der Waals surface area (Å²) >= 11 is 0. The molecular weight excluding hydrogens is 366 g/mol. The van der Waals surface area contributed by atoms with E-state index in [0.717, 1.165) is 41.8 Å². The van der Waals surface area contributed by atoms with Gasteiger partial charge >= 0.3 is 6.03 Å². The molecule has 1 spiro atoms. The van der Waals surface area contributed by atoms with Crippen LogP contribution in [0.5, 0.6) is 0 Å². The minimum absolute atomic E-state index is 0.0831. The van der Waals surface area contributed by atoms with Crippen molar-refractivity contribution in [1.29, 1.82) is 0 Å². The molecule has 2 aliphatic heterocycles. The van der Waals surface area contributed by atoms with E-state index in [1.54, 1.807) is 0 Å². The number of likely N-dealkylation sites (tertiary alicyclic amines) is 1. The van der Waals surface area contributed by atoms with Crippen LogP contribution < -0.4 is 5.32 Å². The van der Waals surface area contributed by atoms with Crippen LogP contribution in [0, 0.1) is 11.8 Å². The van der Waals surface area contributed by atoms with Crippen molar-refractivity contribution in [2.75, 3.05) is 13.1 Å². The van der Waals surface area contributed by atoms with Gasteiger partial charge in [-0.15, -0.1) is 0 Å². The second-order valence-corrected chi connectivity index (χ2v) is 9.27. The first kappa shape index (κ1) is 18.6. The predicted molar refractivity (Wildman–Crippen MR) is 108 cm³/mol. The Balaban J connectivity index is 1.36. The predicted octanol–water partition coefficient (Wildman–Crippen LogP) is 2.81. The summed E-state index contributed by atoms with van der Waals surface area (Å²) in [5.41, 5.74) is 0.993. The van der Waals surface area contributed by atoms with Crippen LogP contribution in [-0.2, 0) is 21.5 Å². The Morgan fingerprint density at radius 3 is 2.83 bits per heavy atom. The zero-order valence-electron chi connectivity index (χ0n) is 17.0. The van der Waals surface area contributed by atoms with Crippen molar-refractivity contribution in [2.45, 2.75) is 63.5 Å². The van der Waals surface area contributed by atoms with Gasteiger partial charge in [0.15, 0.2) is 0 Å². The molecule has 5 rings (SSSR count). The van der Waals surface area contributed by atoms with Crippen LogP contribution in [0.4, 0.5) is 4.79 Å². The summed E-state index contributed by atoms with van der Waals surface area (Å²) in [5, 5.41) is 2.93. The number of urea groups is 1. The molecule has 2 aliphatic carbocycles. The second-order valence-electron chi connectivity index (χ2n) is 9.27. The molecule has 1 saturated carbocycles. The molecule has 1 N–H and O–H groups in total. The first-order valence-electron chi connectivity index (χ1n) is 11.0. The summed E-state index contributed by atoms with van der Waals surface area (Å²) in [4.78, 5) is 42.5. The lowest BCUT2D eigenvalue weighted by Gasteiger charge is -2.47. The lowest BCUT2D eigenvalue weighted by atomic mass is 9.73. The summed E-state index contributed by atoms with van der Waals surface area (Å²) in [7, 11) is 0. The van der Waals surface area contributed by atoms with Gasteiger partial charge < -0.3 is 10.2 Å². The first-order chi connectivity index (χ1) is 14.0. The van der Waals surface area contributed by atoms with E-state index < -0.39 is 11.6 Å². The van der Waals surface area contributed by atoms with Gasteiger partial charge in [-0.05, 0) is 61.5 Å². The van der Waals surface area contributed by atoms with Gasteiger partial charge in [-0.1, -0.05) is 37.6 Å². The maximum atomic E-state index is 13.3. The second kappa shape index (κ2) is 6.85. The van der Waals surface area contributed by atoms with Crippen molar-refractivity contribution >= 4 is 17.8 Å². The Morgan fingerprint density at radius 2 is 1.97 bits per heavy atom. The monoisotopic (exact) mass is 395 g/mol. The third-order valence-corrected chi connectivity index (χ3v) is 7.67. The number of carbonyl (C=O) groups is 3. The lowest BCUT2D eigenvalue weighted by molar-refractivity contribution is -0.144. The smallest absolute Gasteiger partial charge is 0.325 e. The molecule has 6 nitrogen and oxygen atoms in total. The zero-order valence-corrected chi connectivity index (χ0v) is 17.0. The Hall–Kier alpha value is -2.37. The lowest BCUT2D eigenvalue weighted by Crippen LogP contribution is -2.55. The highest BCUT2D eigenvalue weighted by Crippen LogP contribution is 2.42. The largest absolute Gasteiger partial charge is 0.338 e. The molecule has 6 heteroatoms. The number of piperidine rings is 1. The van der Waals surface area contributed by atoms with E-state index in [2.05, 4.69) is 12.2 Å². The molecule has 0 unspecified atom stereocenters. The van der Waals surface area contributed by atoms with Gasteiger partial charge in [-0.3, -0.25) is 14.5 Å². The van der Waals surface area contributed by atoms with Crippen molar-refractivity contribution in [3.05, 3.63) is 35.4 Å². The molecule has 2 heterocycles. The molecule has 4 aliphatic rings. The number of hydrogen-bond acceptors (Lipinski definition) is 3. The van der Waals surface area contributed by atoms with Gasteiger partial charge in [-0.25, -0.2) is 4.79 Å². The van der Waals surface area contributed by atoms with Crippen LogP contribution in [0.1, 0.15) is 56.6 Å². The van der Waals surface area contributed by atoms with Crippen molar-refractivity contribution in [1.82, 2.24) is 15.1 Å². The molecule has 154 valence electrons. The highest BCUT2D eigenvalue weighted by molar-refractivity contribution is 6.09. The summed E-state index contributed by atoms with van der Waals surface area (Å²) in [5.74, 6) is 0.688. The summed E-state index contributed by atoms with van der Waals surface area (Å²) in [6.45, 7) is 2.83. The van der Waals surface area contributed by atoms with Crippen LogP contribution in [0.2, 0.25) is 0 Å². The number of benzene rings is 1. The van der Waals surface area contributed by atoms with E-state index in [0.29, 0.717) is 18.3 Å². The molecule has 3 fully saturated rings. The van der Waals surface area contributed by atoms with E-state index in [1.807, 2.05) is 29.2 Å². The summed E-state index contributed by atoms with van der Waals surface area (Å²) < 4.78 is 0. The standard InChI is InChI=1S/C23H29N3O3/c1-15-6-4-8-17-9-5-13-25(20(15)17)19(27)14-26-21(28)23(24-22(26)29)12-11-16-7-2-3-10-18(16)23/h2-3,7,10,15,17,20H,4-6,8-9,11-14H2,1H3,(H,24,29)/t15-,17-,20-,23-/m1/s1. The summed E-state index contributed by atoms with van der Waals surface area (Å²) in [6.07, 6.45) is 7.08. The normalized spacial score (nSPS) is 33.6. The summed E-state index contributed by atoms with van der Waals surface area (Å²) in [6, 6.07) is 7.61. The Kier molecular flexibility index (Phi) is 4.41. The SMILES string of the molecule is C[C@@H]1CCC[C@@H]2CCCN(C(=O)CN3C(=O)N[C@@]4(CCc5ccccc54)C3=O)[C@@H]21. The van der Waals surface area contributed by atoms with Gasteiger partial charge in [0, 0.05) is 12.6 Å². The van der Waals surface area contributed by atoms with Gasteiger partial charge in [0.25, 0.3) is 5.91 Å². The number of nitrogens with one attached hydrogen (secondary N) is 1. The van der Waals surface area contributed by atoms with Gasteiger partial charge in [0.1, 0.15) is 12.1 Å².